The van der Waals surface area contributed by atoms with Gasteiger partial charge in [0.2, 0.25) is 0 Å². The maximum Gasteiger partial charge on any atom is 0.415 e. The number of ether oxygens (including phenoxy) is 3. The van der Waals surface area contributed by atoms with E-state index in [1.54, 1.807) is 13.8 Å². The Morgan fingerprint density at radius 1 is 1.62 bits per heavy atom. The van der Waals surface area contributed by atoms with E-state index in [2.05, 4.69) is 16.8 Å². The van der Waals surface area contributed by atoms with E-state index >= 15 is 0 Å². The summed E-state index contributed by atoms with van der Waals surface area (Å²) in [6.07, 6.45) is -0.848. The fourth-order valence-electron chi connectivity index (χ4n) is 0.820. The van der Waals surface area contributed by atoms with Gasteiger partial charge in [0, 0.05) is 7.11 Å². The van der Waals surface area contributed by atoms with Gasteiger partial charge in [0.25, 0.3) is 0 Å². The fraction of sp³-hybridized carbons (Fsp3) is 0.750. The van der Waals surface area contributed by atoms with Crippen molar-refractivity contribution in [1.29, 1.82) is 0 Å². The third kappa shape index (κ3) is 2.33. The van der Waals surface area contributed by atoms with Gasteiger partial charge in [-0.25, -0.2) is 0 Å². The Bertz CT molecular complexity index is 294. The van der Waals surface area contributed by atoms with E-state index < -0.39 is 18.4 Å². The Hall–Kier alpha value is -0.780. The molecule has 0 saturated carbocycles. The lowest BCUT2D eigenvalue weighted by molar-refractivity contribution is -0.372. The van der Waals surface area contributed by atoms with Crippen LogP contribution in [0.15, 0.2) is 22.9 Å². The number of hydrogen-bond donors (Lipinski definition) is 0. The molecule has 1 heterocycles. The molecule has 0 N–H and O–H groups in total. The summed E-state index contributed by atoms with van der Waals surface area (Å²) >= 11 is 0. The minimum absolute atomic E-state index is 0.896. The van der Waals surface area contributed by atoms with Crippen LogP contribution in [0.1, 0.15) is 16.6 Å². The third-order valence-electron chi connectivity index (χ3n) is 1.32. The number of azo groups is 1. The first-order valence-corrected chi connectivity index (χ1v) is 3.77. The second kappa shape index (κ2) is 3.53. The number of hydrogen-bond acceptors (Lipinski definition) is 5. The van der Waals surface area contributed by atoms with Gasteiger partial charge in [-0.1, -0.05) is 11.2 Å². The van der Waals surface area contributed by atoms with E-state index in [1.165, 1.54) is 7.11 Å². The molecule has 0 fully saturated rings. The van der Waals surface area contributed by atoms with Crippen molar-refractivity contribution < 1.29 is 17.0 Å². The topological polar surface area (TPSA) is 52.4 Å². The molecule has 0 radical (unpaired) electrons. The first-order valence-electron chi connectivity index (χ1n) is 4.77. The maximum atomic E-state index is 7.36. The summed E-state index contributed by atoms with van der Waals surface area (Å²) in [5.41, 5.74) is -0.896. The van der Waals surface area contributed by atoms with Crippen molar-refractivity contribution >= 4 is 0 Å². The Balaban J connectivity index is 2.82. The lowest BCUT2D eigenvalue weighted by Crippen LogP contribution is -2.37. The predicted molar refractivity (Wildman–Crippen MR) is 45.9 cm³/mol. The van der Waals surface area contributed by atoms with Crippen molar-refractivity contribution in [2.24, 2.45) is 10.2 Å². The van der Waals surface area contributed by atoms with Crippen molar-refractivity contribution in [3.63, 3.8) is 0 Å². The zero-order valence-electron chi connectivity index (χ0n) is 9.90. The third-order valence-corrected chi connectivity index (χ3v) is 1.32. The highest BCUT2D eigenvalue weighted by molar-refractivity contribution is 4.74. The highest BCUT2D eigenvalue weighted by atomic mass is 16.9. The molecule has 1 aliphatic rings. The molecule has 0 saturated heterocycles. The van der Waals surface area contributed by atoms with Crippen molar-refractivity contribution in [3.8, 4) is 0 Å². The van der Waals surface area contributed by atoms with Crippen molar-refractivity contribution in [1.82, 2.24) is 0 Å². The van der Waals surface area contributed by atoms with Crippen LogP contribution in [0.2, 0.25) is 0 Å². The van der Waals surface area contributed by atoms with Crippen LogP contribution in [0.3, 0.4) is 0 Å². The van der Waals surface area contributed by atoms with Gasteiger partial charge in [-0.05, 0) is 13.8 Å². The Morgan fingerprint density at radius 2 is 2.31 bits per heavy atom. The zero-order valence-corrected chi connectivity index (χ0v) is 7.90. The predicted octanol–water partition coefficient (Wildman–Crippen LogP) is 1.67. The molecule has 1 rings (SSSR count). The summed E-state index contributed by atoms with van der Waals surface area (Å²) in [4.78, 5) is 0. The van der Waals surface area contributed by atoms with Crippen molar-refractivity contribution in [2.45, 2.75) is 25.7 Å². The van der Waals surface area contributed by atoms with Gasteiger partial charge in [-0.15, -0.1) is 6.58 Å². The molecule has 0 aromatic carbocycles. The molecular formula is C8H14N2O3. The van der Waals surface area contributed by atoms with Gasteiger partial charge in [-0.2, -0.15) is 5.11 Å². The summed E-state index contributed by atoms with van der Waals surface area (Å²) in [5.74, 6) is 0. The van der Waals surface area contributed by atoms with E-state index in [4.69, 9.17) is 17.0 Å². The van der Waals surface area contributed by atoms with Crippen LogP contribution in [0.25, 0.3) is 0 Å². The first kappa shape index (κ1) is 7.61. The van der Waals surface area contributed by atoms with Crippen LogP contribution in [-0.2, 0) is 14.2 Å². The van der Waals surface area contributed by atoms with Crippen LogP contribution in [-0.4, -0.2) is 25.5 Å². The first-order chi connectivity index (χ1) is 6.74. The molecule has 0 aromatic rings. The monoisotopic (exact) mass is 188 g/mol. The van der Waals surface area contributed by atoms with E-state index in [1.807, 2.05) is 0 Å². The lowest BCUT2D eigenvalue weighted by atomic mass is 10.3. The molecule has 0 amide bonds. The van der Waals surface area contributed by atoms with Gasteiger partial charge in [-0.3, -0.25) is 4.74 Å². The van der Waals surface area contributed by atoms with E-state index in [-0.39, 0.29) is 0 Å². The molecule has 74 valence electrons. The van der Waals surface area contributed by atoms with E-state index in [0.29, 0.717) is 0 Å². The largest absolute Gasteiger partial charge is 0.415 e. The second-order valence-corrected chi connectivity index (χ2v) is 2.90. The van der Waals surface area contributed by atoms with Gasteiger partial charge >= 0.3 is 6.10 Å². The molecule has 5 heteroatoms. The Labute approximate surface area is 80.2 Å². The summed E-state index contributed by atoms with van der Waals surface area (Å²) in [6, 6.07) is 0. The summed E-state index contributed by atoms with van der Waals surface area (Å²) in [7, 11) is 1.29. The average Bonchev–Trinajstić information content (AvgIpc) is 2.42. The average molecular weight is 188 g/mol. The molecule has 1 atom stereocenters. The van der Waals surface area contributed by atoms with Crippen LogP contribution in [0.5, 0.6) is 0 Å². The van der Waals surface area contributed by atoms with E-state index in [0.717, 1.165) is 6.08 Å². The lowest BCUT2D eigenvalue weighted by Gasteiger charge is -2.24. The van der Waals surface area contributed by atoms with Gasteiger partial charge < -0.3 is 9.47 Å². The quantitative estimate of drug-likeness (QED) is 0.498. The SMILES string of the molecule is [2H]C([2H])(C=C)OC1(OC)N=NC(C)(C)O1. The van der Waals surface area contributed by atoms with Crippen LogP contribution >= 0.6 is 0 Å². The van der Waals surface area contributed by atoms with Crippen molar-refractivity contribution in [3.05, 3.63) is 12.7 Å². The smallest absolute Gasteiger partial charge is 0.310 e. The highest BCUT2D eigenvalue weighted by Gasteiger charge is 2.45. The van der Waals surface area contributed by atoms with Crippen molar-refractivity contribution in [2.75, 3.05) is 13.7 Å². The normalized spacial score (nSPS) is 34.1. The number of methoxy groups -OCH3 is 1. The molecule has 1 aliphatic heterocycles. The fourth-order valence-corrected chi connectivity index (χ4v) is 0.820. The molecule has 13 heavy (non-hydrogen) atoms. The number of nitrogens with zero attached hydrogens (tertiary/aromatic N) is 2. The van der Waals surface area contributed by atoms with Crippen LogP contribution in [0, 0.1) is 0 Å². The van der Waals surface area contributed by atoms with Gasteiger partial charge in [0.15, 0.2) is 5.72 Å². The Kier molecular flexibility index (Phi) is 2.07. The van der Waals surface area contributed by atoms with Gasteiger partial charge in [0.1, 0.15) is 0 Å². The zero-order chi connectivity index (χ0) is 11.7. The summed E-state index contributed by atoms with van der Waals surface area (Å²) in [6.45, 7) is 4.50. The number of rotatable bonds is 4. The highest BCUT2D eigenvalue weighted by Crippen LogP contribution is 2.32. The van der Waals surface area contributed by atoms with Crippen LogP contribution < -0.4 is 0 Å². The minimum atomic E-state index is -2.10. The van der Waals surface area contributed by atoms with Gasteiger partial charge in [0.05, 0.1) is 9.30 Å². The molecule has 5 nitrogen and oxygen atoms in total. The summed E-state index contributed by atoms with van der Waals surface area (Å²) in [5, 5.41) is 7.40. The minimum Gasteiger partial charge on any atom is -0.310 e. The standard InChI is InChI=1S/C8H14N2O3/c1-5-6-12-8(11-4)10-9-7(2,3)13-8/h5H,1,6H2,2-4H3/i6D2. The molecule has 1 unspecified atom stereocenters. The second-order valence-electron chi connectivity index (χ2n) is 2.90. The van der Waals surface area contributed by atoms with E-state index in [9.17, 15) is 0 Å². The maximum absolute atomic E-state index is 7.36. The molecular weight excluding hydrogens is 172 g/mol. The Morgan fingerprint density at radius 3 is 2.69 bits per heavy atom. The summed E-state index contributed by atoms with van der Waals surface area (Å²) < 4.78 is 29.8. The molecule has 0 spiro atoms. The van der Waals surface area contributed by atoms with Crippen LogP contribution in [0.4, 0.5) is 0 Å². The molecule has 0 aromatic heterocycles. The molecule has 0 bridgehead atoms. The molecule has 0 aliphatic carbocycles.